The van der Waals surface area contributed by atoms with Gasteiger partial charge in [-0.05, 0) is 97.3 Å². The van der Waals surface area contributed by atoms with Gasteiger partial charge in [-0.3, -0.25) is 14.4 Å². The molecular formula is C39H58N4O7. The van der Waals surface area contributed by atoms with Crippen molar-refractivity contribution in [2.45, 2.75) is 137 Å². The maximum Gasteiger partial charge on any atom is 0.408 e. The van der Waals surface area contributed by atoms with Gasteiger partial charge < -0.3 is 30.7 Å². The predicted octanol–water partition coefficient (Wildman–Crippen LogP) is 5.92. The standard InChI is InChI=1S/C39H58N4O7/c1-25(2)20-21-27(4)43(35(46)30(22-23-32(40)44)42-37(48)50-39(8,9)10)33(29-19-15-14-16-26(29)3)34(45)41-31(36(47)49-38(5,6)7)24-28-17-12-11-13-18-28/h11-19,25,27,30-31,33H,20-24H2,1-10H3,(H2,40,44)(H,41,45)(H,42,48). The Hall–Kier alpha value is -4.41. The van der Waals surface area contributed by atoms with E-state index in [1.807, 2.05) is 56.3 Å². The average Bonchev–Trinajstić information content (AvgIpc) is 2.99. The molecule has 0 spiro atoms. The number of amides is 4. The summed E-state index contributed by atoms with van der Waals surface area (Å²) >= 11 is 0. The van der Waals surface area contributed by atoms with Crippen molar-refractivity contribution in [2.75, 3.05) is 0 Å². The fourth-order valence-corrected chi connectivity index (χ4v) is 5.46. The van der Waals surface area contributed by atoms with Crippen LogP contribution in [0.5, 0.6) is 0 Å². The summed E-state index contributed by atoms with van der Waals surface area (Å²) in [6.45, 7) is 18.2. The molecule has 2 aromatic carbocycles. The van der Waals surface area contributed by atoms with Gasteiger partial charge in [0.2, 0.25) is 17.7 Å². The molecule has 0 bridgehead atoms. The number of alkyl carbamates (subject to hydrolysis) is 1. The molecule has 0 heterocycles. The minimum absolute atomic E-state index is 0.114. The number of esters is 1. The van der Waals surface area contributed by atoms with Crippen LogP contribution in [-0.2, 0) is 35.1 Å². The fourth-order valence-electron chi connectivity index (χ4n) is 5.46. The maximum atomic E-state index is 14.8. The molecule has 11 nitrogen and oxygen atoms in total. The largest absolute Gasteiger partial charge is 0.458 e. The first-order valence-corrected chi connectivity index (χ1v) is 17.4. The number of ether oxygens (including phenoxy) is 2. The second kappa shape index (κ2) is 18.5. The number of benzene rings is 2. The van der Waals surface area contributed by atoms with Crippen LogP contribution in [0, 0.1) is 12.8 Å². The van der Waals surface area contributed by atoms with E-state index in [0.717, 1.165) is 17.5 Å². The Labute approximate surface area is 298 Å². The van der Waals surface area contributed by atoms with Crippen LogP contribution in [-0.4, -0.2) is 64.0 Å². The summed E-state index contributed by atoms with van der Waals surface area (Å²) in [5.74, 6) is -2.15. The predicted molar refractivity (Wildman–Crippen MR) is 194 cm³/mol. The highest BCUT2D eigenvalue weighted by atomic mass is 16.6. The topological polar surface area (TPSA) is 157 Å². The van der Waals surface area contributed by atoms with Gasteiger partial charge in [0.25, 0.3) is 0 Å². The molecule has 4 amide bonds. The molecule has 4 N–H and O–H groups in total. The molecule has 0 aliphatic heterocycles. The first-order valence-electron chi connectivity index (χ1n) is 17.4. The van der Waals surface area contributed by atoms with Crippen molar-refractivity contribution in [2.24, 2.45) is 11.7 Å². The molecule has 2 aromatic rings. The van der Waals surface area contributed by atoms with Crippen molar-refractivity contribution in [3.63, 3.8) is 0 Å². The van der Waals surface area contributed by atoms with E-state index in [1.54, 1.807) is 53.7 Å². The molecule has 0 radical (unpaired) electrons. The lowest BCUT2D eigenvalue weighted by Crippen LogP contribution is -2.57. The Morgan fingerprint density at radius 2 is 1.34 bits per heavy atom. The van der Waals surface area contributed by atoms with Gasteiger partial charge in [-0.2, -0.15) is 0 Å². The Bertz CT molecular complexity index is 1450. The van der Waals surface area contributed by atoms with Crippen molar-refractivity contribution < 1.29 is 33.4 Å². The summed E-state index contributed by atoms with van der Waals surface area (Å²) in [5, 5.41) is 5.58. The van der Waals surface area contributed by atoms with Crippen molar-refractivity contribution >= 4 is 29.8 Å². The van der Waals surface area contributed by atoms with Crippen LogP contribution in [0.1, 0.15) is 111 Å². The summed E-state index contributed by atoms with van der Waals surface area (Å²) in [6, 6.07) is 12.5. The second-order valence-corrected chi connectivity index (χ2v) is 15.3. The Morgan fingerprint density at radius 1 is 0.760 bits per heavy atom. The Balaban J connectivity index is 2.73. The number of hydrogen-bond donors (Lipinski definition) is 3. The van der Waals surface area contributed by atoms with Crippen LogP contribution in [0.2, 0.25) is 0 Å². The van der Waals surface area contributed by atoms with Gasteiger partial charge >= 0.3 is 12.1 Å². The molecule has 2 rings (SSSR count). The molecule has 0 saturated heterocycles. The van der Waals surface area contributed by atoms with Gasteiger partial charge in [0, 0.05) is 18.9 Å². The van der Waals surface area contributed by atoms with E-state index in [0.29, 0.717) is 17.9 Å². The number of carbonyl (C=O) groups excluding carboxylic acids is 5. The molecule has 11 heteroatoms. The zero-order valence-electron chi connectivity index (χ0n) is 31.5. The molecule has 0 fully saturated rings. The third-order valence-electron chi connectivity index (χ3n) is 7.86. The molecule has 276 valence electrons. The van der Waals surface area contributed by atoms with E-state index < -0.39 is 65.2 Å². The zero-order valence-corrected chi connectivity index (χ0v) is 31.5. The number of nitrogens with zero attached hydrogens (tertiary/aromatic N) is 1. The molecule has 0 aliphatic carbocycles. The average molecular weight is 695 g/mol. The molecule has 4 unspecified atom stereocenters. The molecular weight excluding hydrogens is 636 g/mol. The van der Waals surface area contributed by atoms with Gasteiger partial charge in [0.05, 0.1) is 0 Å². The van der Waals surface area contributed by atoms with Gasteiger partial charge in [0.1, 0.15) is 29.3 Å². The van der Waals surface area contributed by atoms with Crippen LogP contribution < -0.4 is 16.4 Å². The number of aryl methyl sites for hydroxylation is 1. The second-order valence-electron chi connectivity index (χ2n) is 15.3. The summed E-state index contributed by atoms with van der Waals surface area (Å²) in [5.41, 5.74) is 5.90. The van der Waals surface area contributed by atoms with Crippen molar-refractivity contribution in [3.8, 4) is 0 Å². The summed E-state index contributed by atoms with van der Waals surface area (Å²) in [6.07, 6.45) is 0.275. The summed E-state index contributed by atoms with van der Waals surface area (Å²) < 4.78 is 11.2. The normalized spacial score (nSPS) is 14.1. The fraction of sp³-hybridized carbons (Fsp3) is 0.564. The first kappa shape index (κ1) is 41.8. The van der Waals surface area contributed by atoms with Crippen molar-refractivity contribution in [3.05, 3.63) is 71.3 Å². The maximum absolute atomic E-state index is 14.8. The molecule has 0 aliphatic rings. The number of carbonyl (C=O) groups is 5. The highest BCUT2D eigenvalue weighted by Crippen LogP contribution is 2.30. The van der Waals surface area contributed by atoms with Gasteiger partial charge in [-0.1, -0.05) is 68.4 Å². The lowest BCUT2D eigenvalue weighted by Gasteiger charge is -2.39. The summed E-state index contributed by atoms with van der Waals surface area (Å²) in [7, 11) is 0. The zero-order chi connectivity index (χ0) is 37.8. The third-order valence-corrected chi connectivity index (χ3v) is 7.86. The minimum atomic E-state index is -1.25. The molecule has 0 aromatic heterocycles. The number of nitrogens with two attached hydrogens (primary N) is 1. The highest BCUT2D eigenvalue weighted by molar-refractivity contribution is 5.94. The Morgan fingerprint density at radius 3 is 1.88 bits per heavy atom. The number of primary amides is 1. The quantitative estimate of drug-likeness (QED) is 0.184. The molecule has 50 heavy (non-hydrogen) atoms. The number of nitrogens with one attached hydrogen (secondary N) is 2. The minimum Gasteiger partial charge on any atom is -0.458 e. The lowest BCUT2D eigenvalue weighted by molar-refractivity contribution is -0.159. The van der Waals surface area contributed by atoms with E-state index in [4.69, 9.17) is 15.2 Å². The smallest absolute Gasteiger partial charge is 0.408 e. The van der Waals surface area contributed by atoms with Crippen LogP contribution in [0.4, 0.5) is 4.79 Å². The van der Waals surface area contributed by atoms with E-state index >= 15 is 0 Å². The van der Waals surface area contributed by atoms with Crippen LogP contribution >= 0.6 is 0 Å². The van der Waals surface area contributed by atoms with E-state index in [1.165, 1.54) is 4.90 Å². The third kappa shape index (κ3) is 14.2. The summed E-state index contributed by atoms with van der Waals surface area (Å²) in [4.78, 5) is 69.6. The number of hydrogen-bond acceptors (Lipinski definition) is 7. The van der Waals surface area contributed by atoms with E-state index in [9.17, 15) is 24.0 Å². The van der Waals surface area contributed by atoms with Crippen LogP contribution in [0.25, 0.3) is 0 Å². The van der Waals surface area contributed by atoms with E-state index in [2.05, 4.69) is 24.5 Å². The highest BCUT2D eigenvalue weighted by Gasteiger charge is 2.41. The van der Waals surface area contributed by atoms with E-state index in [-0.39, 0.29) is 19.3 Å². The van der Waals surface area contributed by atoms with Gasteiger partial charge in [-0.15, -0.1) is 0 Å². The Kier molecular flexibility index (Phi) is 15.5. The van der Waals surface area contributed by atoms with Gasteiger partial charge in [-0.25, -0.2) is 9.59 Å². The van der Waals surface area contributed by atoms with Crippen LogP contribution in [0.15, 0.2) is 54.6 Å². The van der Waals surface area contributed by atoms with Crippen molar-refractivity contribution in [1.82, 2.24) is 15.5 Å². The van der Waals surface area contributed by atoms with Gasteiger partial charge in [0.15, 0.2) is 0 Å². The number of rotatable bonds is 16. The van der Waals surface area contributed by atoms with Crippen molar-refractivity contribution in [1.29, 1.82) is 0 Å². The monoisotopic (exact) mass is 694 g/mol. The van der Waals surface area contributed by atoms with Crippen LogP contribution in [0.3, 0.4) is 0 Å². The molecule has 0 saturated carbocycles. The lowest BCUT2D eigenvalue weighted by atomic mass is 9.93. The first-order chi connectivity index (χ1) is 23.2. The SMILES string of the molecule is Cc1ccccc1C(C(=O)NC(Cc1ccccc1)C(=O)OC(C)(C)C)N(C(=O)C(CCC(N)=O)NC(=O)OC(C)(C)C)C(C)CCC(C)C. The molecule has 4 atom stereocenters.